The van der Waals surface area contributed by atoms with Gasteiger partial charge in [0.2, 0.25) is 0 Å². The summed E-state index contributed by atoms with van der Waals surface area (Å²) >= 11 is 0. The number of halogens is 3. The van der Waals surface area contributed by atoms with Gasteiger partial charge >= 0.3 is 6.18 Å². The Morgan fingerprint density at radius 1 is 0.488 bits per heavy atom. The van der Waals surface area contributed by atoms with E-state index < -0.39 is 22.6 Å². The minimum absolute atomic E-state index is 0.0739. The Bertz CT molecular complexity index is 883. The normalized spacial score (nSPS) is 15.1. The van der Waals surface area contributed by atoms with E-state index in [1.165, 1.54) is 25.7 Å². The molecule has 0 heterocycles. The van der Waals surface area contributed by atoms with Gasteiger partial charge in [0.15, 0.2) is 0 Å². The molecular weight excluding hydrogens is 510 g/mol. The first kappa shape index (κ1) is 38.2. The van der Waals surface area contributed by atoms with E-state index in [1.54, 1.807) is 0 Å². The van der Waals surface area contributed by atoms with E-state index in [9.17, 15) is 13.2 Å². The molecule has 2 atom stereocenters. The average Bonchev–Trinajstić information content (AvgIpc) is 2.90. The van der Waals surface area contributed by atoms with Gasteiger partial charge in [0.25, 0.3) is 0 Å². The first-order valence-corrected chi connectivity index (χ1v) is 16.9. The van der Waals surface area contributed by atoms with Crippen molar-refractivity contribution >= 4 is 39.9 Å². The van der Waals surface area contributed by atoms with Crippen LogP contribution in [0.4, 0.5) is 13.2 Å². The Morgan fingerprint density at radius 2 is 0.902 bits per heavy atom. The maximum Gasteiger partial charge on any atom is 0.415 e. The minimum atomic E-state index is -4.66. The summed E-state index contributed by atoms with van der Waals surface area (Å²) in [5.41, 5.74) is -0.553. The van der Waals surface area contributed by atoms with Gasteiger partial charge in [-0.25, -0.2) is 0 Å². The van der Waals surface area contributed by atoms with Gasteiger partial charge < -0.3 is 0 Å². The third-order valence-electron chi connectivity index (χ3n) is 9.40. The highest BCUT2D eigenvalue weighted by Crippen LogP contribution is 2.42. The van der Waals surface area contributed by atoms with Gasteiger partial charge in [-0.2, -0.15) is 13.2 Å². The molecule has 1 aromatic rings. The molecule has 1 rings (SSSR count). The lowest BCUT2D eigenvalue weighted by atomic mass is 9.58. The second-order valence-electron chi connectivity index (χ2n) is 13.4. The number of alkyl halides is 3. The molecule has 0 aliphatic rings. The smallest absolute Gasteiger partial charge is 0.166 e. The summed E-state index contributed by atoms with van der Waals surface area (Å²) in [4.78, 5) is 0. The quantitative estimate of drug-likeness (QED) is 0.0966. The molecule has 0 aliphatic carbocycles. The molecule has 0 aliphatic heterocycles. The van der Waals surface area contributed by atoms with Crippen LogP contribution < -0.4 is 16.4 Å². The topological polar surface area (TPSA) is 0 Å². The van der Waals surface area contributed by atoms with E-state index >= 15 is 0 Å². The molecule has 1 aromatic carbocycles. The highest BCUT2D eigenvalue weighted by atomic mass is 19.4. The van der Waals surface area contributed by atoms with Gasteiger partial charge in [0.1, 0.15) is 23.5 Å². The van der Waals surface area contributed by atoms with Crippen LogP contribution in [0.15, 0.2) is 0 Å². The van der Waals surface area contributed by atoms with Crippen molar-refractivity contribution in [3.8, 4) is 0 Å². The second-order valence-corrected chi connectivity index (χ2v) is 13.4. The summed E-state index contributed by atoms with van der Waals surface area (Å²) < 4.78 is 43.4. The maximum atomic E-state index is 14.5. The summed E-state index contributed by atoms with van der Waals surface area (Å²) in [7, 11) is 19.5. The molecule has 228 valence electrons. The Labute approximate surface area is 256 Å². The lowest BCUT2D eigenvalue weighted by molar-refractivity contribution is -0.135. The Hall–Kier alpha value is -0.795. The van der Waals surface area contributed by atoms with Gasteiger partial charge in [-0.15, -0.1) is 0 Å². The van der Waals surface area contributed by atoms with Gasteiger partial charge in [-0.05, 0) is 48.5 Å². The molecule has 0 spiro atoms. The fourth-order valence-electron chi connectivity index (χ4n) is 6.79. The van der Waals surface area contributed by atoms with Crippen molar-refractivity contribution in [1.29, 1.82) is 0 Å². The molecule has 0 nitrogen and oxygen atoms in total. The van der Waals surface area contributed by atoms with E-state index in [2.05, 4.69) is 41.5 Å². The monoisotopic (exact) mass is 568 g/mol. The molecular formula is C35H58B3F3. The number of rotatable bonds is 22. The summed E-state index contributed by atoms with van der Waals surface area (Å²) in [6, 6.07) is 0. The number of benzene rings is 1. The lowest BCUT2D eigenvalue weighted by Gasteiger charge is -2.40. The summed E-state index contributed by atoms with van der Waals surface area (Å²) in [6.07, 6.45) is 16.2. The molecule has 0 saturated heterocycles. The maximum absolute atomic E-state index is 14.5. The predicted molar refractivity (Wildman–Crippen MR) is 177 cm³/mol. The van der Waals surface area contributed by atoms with Gasteiger partial charge in [-0.3, -0.25) is 0 Å². The molecule has 41 heavy (non-hydrogen) atoms. The number of hydrogen-bond donors (Lipinski definition) is 0. The molecule has 0 aromatic heterocycles. The van der Waals surface area contributed by atoms with Crippen LogP contribution >= 0.6 is 0 Å². The van der Waals surface area contributed by atoms with Crippen molar-refractivity contribution in [1.82, 2.24) is 0 Å². The molecule has 6 radical (unpaired) electrons. The third kappa shape index (κ3) is 12.0. The molecule has 6 heteroatoms. The Balaban J connectivity index is 3.78. The second kappa shape index (κ2) is 18.8. The SMILES string of the molecule is [B]c1c([B])c(C(F)(F)F)c([B])c(C(C)(CCCCCC)CCCCCCC)c1CC(C)(CCCC)CCCCCC. The van der Waals surface area contributed by atoms with Crippen molar-refractivity contribution < 1.29 is 13.2 Å². The summed E-state index contributed by atoms with van der Waals surface area (Å²) in [6.45, 7) is 13.2. The zero-order chi connectivity index (χ0) is 31.1. The van der Waals surface area contributed by atoms with Crippen LogP contribution in [-0.2, 0) is 18.0 Å². The molecule has 0 bridgehead atoms. The fraction of sp³-hybridized carbons (Fsp3) is 0.829. The van der Waals surface area contributed by atoms with Crippen LogP contribution in [-0.4, -0.2) is 23.5 Å². The van der Waals surface area contributed by atoms with Crippen LogP contribution in [0.1, 0.15) is 180 Å². The first-order chi connectivity index (χ1) is 19.3. The molecule has 0 N–H and O–H groups in total. The third-order valence-corrected chi connectivity index (χ3v) is 9.40. The predicted octanol–water partition coefficient (Wildman–Crippen LogP) is 9.38. The van der Waals surface area contributed by atoms with Crippen molar-refractivity contribution in [3.05, 3.63) is 16.7 Å². The van der Waals surface area contributed by atoms with E-state index in [4.69, 9.17) is 23.5 Å². The van der Waals surface area contributed by atoms with Crippen LogP contribution in [0.5, 0.6) is 0 Å². The van der Waals surface area contributed by atoms with Crippen molar-refractivity contribution in [2.45, 2.75) is 182 Å². The van der Waals surface area contributed by atoms with Crippen LogP contribution in [0, 0.1) is 5.41 Å². The molecule has 0 fully saturated rings. The summed E-state index contributed by atoms with van der Waals surface area (Å²) in [5, 5.41) is 0. The lowest BCUT2D eigenvalue weighted by Crippen LogP contribution is -2.48. The fourth-order valence-corrected chi connectivity index (χ4v) is 6.79. The van der Waals surface area contributed by atoms with Gasteiger partial charge in [-0.1, -0.05) is 160 Å². The van der Waals surface area contributed by atoms with Crippen molar-refractivity contribution in [3.63, 3.8) is 0 Å². The number of hydrogen-bond acceptors (Lipinski definition) is 0. The molecule has 0 saturated carbocycles. The van der Waals surface area contributed by atoms with E-state index in [0.717, 1.165) is 102 Å². The summed E-state index contributed by atoms with van der Waals surface area (Å²) in [5.74, 6) is 0. The van der Waals surface area contributed by atoms with E-state index in [-0.39, 0.29) is 16.3 Å². The standard InChI is InChI=1S/C35H58B3F3/c1-7-11-15-18-21-25-34(6,24-20-17-13-9-3)28-27(30(36)32(38)29(31(28)37)35(39,40)41)26-33(5,22-14-10-4)23-19-16-12-8-2/h7-26H2,1-6H3. The largest absolute Gasteiger partial charge is 0.415 e. The van der Waals surface area contributed by atoms with Gasteiger partial charge in [0.05, 0.1) is 0 Å². The van der Waals surface area contributed by atoms with Crippen molar-refractivity contribution in [2.24, 2.45) is 5.41 Å². The van der Waals surface area contributed by atoms with E-state index in [1.807, 2.05) is 0 Å². The van der Waals surface area contributed by atoms with Crippen LogP contribution in [0.2, 0.25) is 0 Å². The highest BCUT2D eigenvalue weighted by molar-refractivity contribution is 6.52. The first-order valence-electron chi connectivity index (χ1n) is 16.9. The van der Waals surface area contributed by atoms with Gasteiger partial charge in [0, 0.05) is 5.56 Å². The van der Waals surface area contributed by atoms with E-state index in [0.29, 0.717) is 12.0 Å². The number of unbranched alkanes of at least 4 members (excludes halogenated alkanes) is 11. The zero-order valence-electron chi connectivity index (χ0n) is 27.5. The molecule has 2 unspecified atom stereocenters. The van der Waals surface area contributed by atoms with Crippen molar-refractivity contribution in [2.75, 3.05) is 0 Å². The van der Waals surface area contributed by atoms with Crippen LogP contribution in [0.3, 0.4) is 0 Å². The zero-order valence-corrected chi connectivity index (χ0v) is 27.5. The van der Waals surface area contributed by atoms with Crippen LogP contribution in [0.25, 0.3) is 0 Å². The minimum Gasteiger partial charge on any atom is -0.166 e. The average molecular weight is 568 g/mol. The highest BCUT2D eigenvalue weighted by Gasteiger charge is 2.40. The Morgan fingerprint density at radius 3 is 1.37 bits per heavy atom. The molecule has 0 amide bonds. The Kier molecular flexibility index (Phi) is 17.5.